The van der Waals surface area contributed by atoms with Crippen molar-refractivity contribution in [3.63, 3.8) is 0 Å². The smallest absolute Gasteiger partial charge is 0.173 e. The van der Waals surface area contributed by atoms with Crippen molar-refractivity contribution in [3.8, 4) is 0 Å². The van der Waals surface area contributed by atoms with Crippen LogP contribution in [0.25, 0.3) is 0 Å². The molecule has 0 fully saturated rings. The molecule has 1 rings (SSSR count). The van der Waals surface area contributed by atoms with E-state index >= 15 is 0 Å². The summed E-state index contributed by atoms with van der Waals surface area (Å²) in [5.41, 5.74) is 5.07. The van der Waals surface area contributed by atoms with Crippen molar-refractivity contribution in [1.82, 2.24) is 5.32 Å². The van der Waals surface area contributed by atoms with Crippen molar-refractivity contribution in [1.29, 1.82) is 0 Å². The largest absolute Gasteiger partial charge is 0.343 e. The Hall–Kier alpha value is -0.570. The second-order valence-corrected chi connectivity index (χ2v) is 0.890. The lowest BCUT2D eigenvalue weighted by Crippen LogP contribution is -2.42. The Kier molecular flexibility index (Phi) is 0.365. The van der Waals surface area contributed by atoms with Crippen LogP contribution in [0.2, 0.25) is 0 Å². The average molecular weight is 71.1 g/mol. The third-order valence-electron chi connectivity index (χ3n) is 0.480. The zero-order chi connectivity index (χ0) is 3.70. The summed E-state index contributed by atoms with van der Waals surface area (Å²) >= 11 is 0. The lowest BCUT2D eigenvalue weighted by molar-refractivity contribution is 0.620. The lowest BCUT2D eigenvalue weighted by atomic mass is 10.7. The van der Waals surface area contributed by atoms with E-state index in [1.165, 1.54) is 0 Å². The molecule has 1 atom stereocenters. The van der Waals surface area contributed by atoms with Gasteiger partial charge in [0.05, 0.1) is 6.34 Å². The van der Waals surface area contributed by atoms with E-state index in [-0.39, 0.29) is 6.29 Å². The minimum atomic E-state index is -0.116. The monoisotopic (exact) mass is 71.0 g/mol. The summed E-state index contributed by atoms with van der Waals surface area (Å²) in [4.78, 5) is 3.61. The van der Waals surface area contributed by atoms with Gasteiger partial charge in [0, 0.05) is 0 Å². The molecule has 0 aromatic rings. The molecule has 1 aliphatic heterocycles. The molecular weight excluding hydrogens is 66.0 g/mol. The first-order valence-electron chi connectivity index (χ1n) is 1.43. The Balaban J connectivity index is 2.39. The number of hydrogen-bond donors (Lipinski definition) is 2. The van der Waals surface area contributed by atoms with Gasteiger partial charge >= 0.3 is 0 Å². The van der Waals surface area contributed by atoms with Crippen LogP contribution in [0, 0.1) is 0 Å². The van der Waals surface area contributed by atoms with E-state index in [1.807, 2.05) is 0 Å². The molecule has 0 aromatic carbocycles. The quantitative estimate of drug-likeness (QED) is 0.379. The van der Waals surface area contributed by atoms with Crippen LogP contribution in [0.3, 0.4) is 0 Å². The second kappa shape index (κ2) is 0.687. The Bertz CT molecular complexity index is 57.9. The van der Waals surface area contributed by atoms with Gasteiger partial charge in [-0.2, -0.15) is 0 Å². The van der Waals surface area contributed by atoms with Gasteiger partial charge in [-0.15, -0.1) is 0 Å². The van der Waals surface area contributed by atoms with Crippen LogP contribution < -0.4 is 11.1 Å². The summed E-state index contributed by atoms with van der Waals surface area (Å²) in [6, 6.07) is 0. The maximum absolute atomic E-state index is 5.07. The lowest BCUT2D eigenvalue weighted by Gasteiger charge is -2.11. The summed E-state index contributed by atoms with van der Waals surface area (Å²) in [5, 5.41) is 2.69. The summed E-state index contributed by atoms with van der Waals surface area (Å²) in [7, 11) is 0. The van der Waals surface area contributed by atoms with Crippen LogP contribution in [-0.4, -0.2) is 12.6 Å². The van der Waals surface area contributed by atoms with E-state index in [1.54, 1.807) is 6.34 Å². The van der Waals surface area contributed by atoms with Gasteiger partial charge in [-0.1, -0.05) is 0 Å². The van der Waals surface area contributed by atoms with Crippen molar-refractivity contribution in [3.05, 3.63) is 0 Å². The van der Waals surface area contributed by atoms with Crippen molar-refractivity contribution < 1.29 is 0 Å². The van der Waals surface area contributed by atoms with Crippen molar-refractivity contribution in [2.24, 2.45) is 10.7 Å². The molecule has 5 heavy (non-hydrogen) atoms. The molecule has 0 bridgehead atoms. The van der Waals surface area contributed by atoms with E-state index in [0.717, 1.165) is 0 Å². The first-order chi connectivity index (χ1) is 2.39. The number of aliphatic imine (C=N–C) groups is 1. The number of rotatable bonds is 0. The molecule has 28 valence electrons. The zero-order valence-electron chi connectivity index (χ0n) is 2.68. The highest BCUT2D eigenvalue weighted by Crippen LogP contribution is 1.76. The van der Waals surface area contributed by atoms with Gasteiger partial charge in [0.15, 0.2) is 6.29 Å². The van der Waals surface area contributed by atoms with Crippen LogP contribution in [0.1, 0.15) is 0 Å². The Labute approximate surface area is 29.9 Å². The minimum absolute atomic E-state index is 0.116. The van der Waals surface area contributed by atoms with Gasteiger partial charge in [0.25, 0.3) is 0 Å². The zero-order valence-corrected chi connectivity index (χ0v) is 2.68. The van der Waals surface area contributed by atoms with Gasteiger partial charge in [0.1, 0.15) is 0 Å². The Morgan fingerprint density at radius 2 is 2.40 bits per heavy atom. The molecule has 0 spiro atoms. The molecular formula is C2H5N3. The third kappa shape index (κ3) is 0.238. The first-order valence-corrected chi connectivity index (χ1v) is 1.43. The number of nitrogens with two attached hydrogens (primary N) is 1. The molecule has 3 N–H and O–H groups in total. The maximum Gasteiger partial charge on any atom is 0.173 e. The van der Waals surface area contributed by atoms with E-state index < -0.39 is 0 Å². The Morgan fingerprint density at radius 3 is 2.40 bits per heavy atom. The predicted molar refractivity (Wildman–Crippen MR) is 19.6 cm³/mol. The topological polar surface area (TPSA) is 50.4 Å². The SMILES string of the molecule is N[C@H]1N=CN1. The summed E-state index contributed by atoms with van der Waals surface area (Å²) in [5.74, 6) is 0. The molecule has 1 aliphatic rings. The molecule has 0 radical (unpaired) electrons. The first kappa shape index (κ1) is 2.66. The fourth-order valence-corrected chi connectivity index (χ4v) is 0.161. The van der Waals surface area contributed by atoms with Gasteiger partial charge in [-0.25, -0.2) is 4.99 Å². The minimum Gasteiger partial charge on any atom is -0.343 e. The van der Waals surface area contributed by atoms with Gasteiger partial charge in [0.2, 0.25) is 0 Å². The van der Waals surface area contributed by atoms with E-state index in [4.69, 9.17) is 5.73 Å². The van der Waals surface area contributed by atoms with Crippen molar-refractivity contribution >= 4 is 6.34 Å². The standard InChI is InChI=1S/C2H5N3/c3-2-4-1-5-2/h1-2H,3H2,(H,4,5). The van der Waals surface area contributed by atoms with Crippen LogP contribution in [0.5, 0.6) is 0 Å². The molecule has 0 amide bonds. The van der Waals surface area contributed by atoms with Crippen LogP contribution in [0.15, 0.2) is 4.99 Å². The highest BCUT2D eigenvalue weighted by atomic mass is 15.3. The van der Waals surface area contributed by atoms with Gasteiger partial charge in [-0.05, 0) is 0 Å². The van der Waals surface area contributed by atoms with Crippen LogP contribution in [-0.2, 0) is 0 Å². The third-order valence-corrected chi connectivity index (χ3v) is 0.480. The molecule has 3 nitrogen and oxygen atoms in total. The fourth-order valence-electron chi connectivity index (χ4n) is 0.161. The molecule has 0 aliphatic carbocycles. The van der Waals surface area contributed by atoms with Crippen LogP contribution >= 0.6 is 0 Å². The summed E-state index contributed by atoms with van der Waals surface area (Å²) < 4.78 is 0. The fraction of sp³-hybridized carbons (Fsp3) is 0.500. The Morgan fingerprint density at radius 1 is 2.00 bits per heavy atom. The number of nitrogens with one attached hydrogen (secondary N) is 1. The molecule has 0 saturated heterocycles. The summed E-state index contributed by atoms with van der Waals surface area (Å²) in [6.07, 6.45) is 1.46. The highest BCUT2D eigenvalue weighted by Gasteiger charge is 1.97. The maximum atomic E-state index is 5.07. The van der Waals surface area contributed by atoms with E-state index in [0.29, 0.717) is 0 Å². The average Bonchev–Trinajstić information content (AvgIpc) is 1.30. The van der Waals surface area contributed by atoms with Crippen molar-refractivity contribution in [2.75, 3.05) is 0 Å². The molecule has 1 heterocycles. The van der Waals surface area contributed by atoms with Crippen LogP contribution in [0.4, 0.5) is 0 Å². The number of hydrogen-bond acceptors (Lipinski definition) is 3. The molecule has 3 heteroatoms. The van der Waals surface area contributed by atoms with Crippen molar-refractivity contribution in [2.45, 2.75) is 6.29 Å². The van der Waals surface area contributed by atoms with E-state index in [2.05, 4.69) is 10.3 Å². The molecule has 0 saturated carbocycles. The van der Waals surface area contributed by atoms with Gasteiger partial charge in [-0.3, -0.25) is 5.73 Å². The predicted octanol–water partition coefficient (Wildman–Crippen LogP) is -1.14. The highest BCUT2D eigenvalue weighted by molar-refractivity contribution is 5.59. The normalized spacial score (nSPS) is 31.8. The number of nitrogens with zero attached hydrogens (tertiary/aromatic N) is 1. The molecule has 0 aromatic heterocycles. The summed E-state index contributed by atoms with van der Waals surface area (Å²) in [6.45, 7) is 0. The molecule has 0 unspecified atom stereocenters. The van der Waals surface area contributed by atoms with Gasteiger partial charge < -0.3 is 5.32 Å². The second-order valence-electron chi connectivity index (χ2n) is 0.890. The van der Waals surface area contributed by atoms with E-state index in [9.17, 15) is 0 Å².